The third kappa shape index (κ3) is 7.79. The highest BCUT2D eigenvalue weighted by atomic mass is 32.2. The van der Waals surface area contributed by atoms with Crippen LogP contribution in [0.3, 0.4) is 0 Å². The molecule has 190 valence electrons. The summed E-state index contributed by atoms with van der Waals surface area (Å²) in [6, 6.07) is 13.8. The Morgan fingerprint density at radius 3 is 2.51 bits per heavy atom. The number of thioether (sulfide) groups is 1. The second-order valence-electron chi connectivity index (χ2n) is 9.65. The van der Waals surface area contributed by atoms with Gasteiger partial charge in [-0.1, -0.05) is 51.1 Å². The fourth-order valence-electron chi connectivity index (χ4n) is 4.14. The minimum absolute atomic E-state index is 0.00401. The molecule has 8 nitrogen and oxygen atoms in total. The molecule has 1 fully saturated rings. The van der Waals surface area contributed by atoms with Gasteiger partial charge in [0, 0.05) is 41.0 Å². The number of hydrazine groups is 1. The molecule has 2 aromatic rings. The fraction of sp³-hybridized carbons (Fsp3) is 0.440. The molecule has 1 amide bonds. The number of nitrogens with zero attached hydrogens (tertiary/aromatic N) is 2. The number of amidine groups is 1. The lowest BCUT2D eigenvalue weighted by molar-refractivity contribution is -0.117. The molecule has 1 unspecified atom stereocenters. The summed E-state index contributed by atoms with van der Waals surface area (Å²) >= 11 is 1.71. The van der Waals surface area contributed by atoms with Crippen LogP contribution in [0.4, 0.5) is 5.69 Å². The lowest BCUT2D eigenvalue weighted by Gasteiger charge is -2.29. The Morgan fingerprint density at radius 1 is 1.20 bits per heavy atom. The first kappa shape index (κ1) is 27.2. The summed E-state index contributed by atoms with van der Waals surface area (Å²) in [6.45, 7) is 7.97. The maximum atomic E-state index is 13.1. The van der Waals surface area contributed by atoms with Gasteiger partial charge in [-0.3, -0.25) is 4.79 Å². The Kier molecular flexibility index (Phi) is 9.34. The van der Waals surface area contributed by atoms with E-state index in [1.54, 1.807) is 18.0 Å². The molecule has 2 aromatic carbocycles. The topological polar surface area (TPSA) is 126 Å². The van der Waals surface area contributed by atoms with Gasteiger partial charge in [-0.15, -0.1) is 16.9 Å². The molecule has 10 heteroatoms. The Labute approximate surface area is 214 Å². The van der Waals surface area contributed by atoms with E-state index in [0.717, 1.165) is 53.2 Å². The average molecular weight is 517 g/mol. The van der Waals surface area contributed by atoms with Gasteiger partial charge in [0.15, 0.2) is 5.84 Å². The largest absolute Gasteiger partial charge is 0.382 e. The van der Waals surface area contributed by atoms with Gasteiger partial charge in [-0.25, -0.2) is 19.9 Å². The van der Waals surface area contributed by atoms with Crippen molar-refractivity contribution >= 4 is 40.2 Å². The summed E-state index contributed by atoms with van der Waals surface area (Å²) in [6.07, 6.45) is 3.90. The van der Waals surface area contributed by atoms with Crippen LogP contribution in [0.5, 0.6) is 0 Å². The first-order valence-corrected chi connectivity index (χ1v) is 14.0. The third-order valence-corrected chi connectivity index (χ3v) is 8.06. The number of benzene rings is 2. The summed E-state index contributed by atoms with van der Waals surface area (Å²) in [7, 11) is -0.950. The van der Waals surface area contributed by atoms with Crippen LogP contribution in [0.1, 0.15) is 45.6 Å². The van der Waals surface area contributed by atoms with Gasteiger partial charge in [0.1, 0.15) is 0 Å². The van der Waals surface area contributed by atoms with Crippen molar-refractivity contribution in [3.05, 3.63) is 48.0 Å². The molecule has 0 aromatic heterocycles. The van der Waals surface area contributed by atoms with E-state index in [2.05, 4.69) is 36.7 Å². The van der Waals surface area contributed by atoms with Crippen molar-refractivity contribution in [2.75, 3.05) is 24.7 Å². The van der Waals surface area contributed by atoms with Gasteiger partial charge >= 0.3 is 0 Å². The summed E-state index contributed by atoms with van der Waals surface area (Å²) in [5, 5.41) is 7.10. The highest BCUT2D eigenvalue weighted by molar-refractivity contribution is 8.00. The van der Waals surface area contributed by atoms with Crippen LogP contribution in [-0.4, -0.2) is 44.3 Å². The number of hydrogen-bond acceptors (Lipinski definition) is 6. The quantitative estimate of drug-likeness (QED) is 0.139. The van der Waals surface area contributed by atoms with Crippen LogP contribution in [-0.2, 0) is 15.8 Å². The number of rotatable bonds is 8. The van der Waals surface area contributed by atoms with Crippen LogP contribution >= 0.6 is 11.8 Å². The molecular formula is C25H36N6O2S2. The third-order valence-electron chi connectivity index (χ3n) is 5.78. The van der Waals surface area contributed by atoms with Gasteiger partial charge in [-0.05, 0) is 42.0 Å². The van der Waals surface area contributed by atoms with Crippen LogP contribution in [0, 0.1) is 5.92 Å². The molecule has 1 heterocycles. The van der Waals surface area contributed by atoms with Crippen molar-refractivity contribution < 1.29 is 9.00 Å². The maximum Gasteiger partial charge on any atom is 0.224 e. The van der Waals surface area contributed by atoms with Gasteiger partial charge < -0.3 is 11.1 Å². The number of piperidine rings is 1. The molecule has 35 heavy (non-hydrogen) atoms. The molecule has 1 aliphatic rings. The van der Waals surface area contributed by atoms with Crippen molar-refractivity contribution in [1.82, 2.24) is 9.84 Å². The molecule has 0 spiro atoms. The van der Waals surface area contributed by atoms with Gasteiger partial charge in [0.25, 0.3) is 0 Å². The molecule has 0 radical (unpaired) electrons. The van der Waals surface area contributed by atoms with Gasteiger partial charge in [0.05, 0.1) is 16.7 Å². The van der Waals surface area contributed by atoms with E-state index < -0.39 is 11.0 Å². The van der Waals surface area contributed by atoms with Crippen LogP contribution in [0.2, 0.25) is 0 Å². The van der Waals surface area contributed by atoms with E-state index in [1.165, 1.54) is 0 Å². The fourth-order valence-corrected chi connectivity index (χ4v) is 5.88. The molecule has 1 atom stereocenters. The van der Waals surface area contributed by atoms with Crippen molar-refractivity contribution in [1.29, 1.82) is 0 Å². The van der Waals surface area contributed by atoms with Crippen LogP contribution in [0.25, 0.3) is 11.1 Å². The number of nitrogens with one attached hydrogen (secondary N) is 2. The Balaban J connectivity index is 1.86. The summed E-state index contributed by atoms with van der Waals surface area (Å²) in [4.78, 5) is 14.1. The lowest BCUT2D eigenvalue weighted by atomic mass is 9.94. The summed E-state index contributed by atoms with van der Waals surface area (Å²) in [5.74, 6) is 5.89. The van der Waals surface area contributed by atoms with E-state index in [4.69, 9.17) is 11.6 Å². The standard InChI is InChI=1S/C25H36N6O2S2/c1-25(2,3)34-22-10-9-18(19-7-5-6-8-20(19)24(26)29-30-27)16-21(22)28-23(32)15-17-11-13-31(14-12-17)35(4)33/h5-10,16-17,30H,11-15,27H2,1-4H3,(H2,26,29)(H,28,32). The normalized spacial score (nSPS) is 16.7. The molecule has 1 saturated heterocycles. The number of carbonyl (C=O) groups excluding carboxylic acids is 1. The predicted octanol–water partition coefficient (Wildman–Crippen LogP) is 3.66. The summed E-state index contributed by atoms with van der Waals surface area (Å²) in [5.41, 5.74) is 11.7. The zero-order valence-electron chi connectivity index (χ0n) is 20.8. The van der Waals surface area contributed by atoms with Crippen LogP contribution < -0.4 is 22.4 Å². The smallest absolute Gasteiger partial charge is 0.224 e. The number of carbonyl (C=O) groups is 1. The van der Waals surface area contributed by atoms with E-state index in [9.17, 15) is 9.00 Å². The Bertz CT molecular complexity index is 1090. The van der Waals surface area contributed by atoms with Crippen molar-refractivity contribution in [2.24, 2.45) is 22.6 Å². The monoisotopic (exact) mass is 516 g/mol. The number of hydrogen-bond donors (Lipinski definition) is 4. The lowest BCUT2D eigenvalue weighted by Crippen LogP contribution is -2.35. The second kappa shape index (κ2) is 12.0. The predicted molar refractivity (Wildman–Crippen MR) is 147 cm³/mol. The maximum absolute atomic E-state index is 13.1. The molecule has 0 saturated carbocycles. The van der Waals surface area contributed by atoms with Gasteiger partial charge in [0.2, 0.25) is 5.91 Å². The van der Waals surface area contributed by atoms with Crippen LogP contribution in [0.15, 0.2) is 52.5 Å². The van der Waals surface area contributed by atoms with Crippen molar-refractivity contribution in [3.63, 3.8) is 0 Å². The molecule has 6 N–H and O–H groups in total. The molecular weight excluding hydrogens is 480 g/mol. The number of hydrazone groups is 1. The van der Waals surface area contributed by atoms with E-state index >= 15 is 0 Å². The number of amides is 1. The summed E-state index contributed by atoms with van der Waals surface area (Å²) < 4.78 is 13.6. The number of anilines is 1. The number of nitrogens with two attached hydrogens (primary N) is 2. The minimum atomic E-state index is -0.950. The first-order chi connectivity index (χ1) is 16.6. The molecule has 0 aliphatic carbocycles. The SMILES string of the molecule is CS(=O)N1CCC(CC(=O)Nc2cc(-c3ccccc3/C(N)=N/NN)ccc2SC(C)(C)C)CC1. The van der Waals surface area contributed by atoms with E-state index in [0.29, 0.717) is 6.42 Å². The van der Waals surface area contributed by atoms with Crippen molar-refractivity contribution in [3.8, 4) is 11.1 Å². The Morgan fingerprint density at radius 2 is 1.89 bits per heavy atom. The highest BCUT2D eigenvalue weighted by Gasteiger charge is 2.24. The second-order valence-corrected chi connectivity index (χ2v) is 12.9. The van der Waals surface area contributed by atoms with Gasteiger partial charge in [-0.2, -0.15) is 0 Å². The molecule has 0 bridgehead atoms. The first-order valence-electron chi connectivity index (χ1n) is 11.7. The molecule has 1 aliphatic heterocycles. The zero-order chi connectivity index (χ0) is 25.6. The highest BCUT2D eigenvalue weighted by Crippen LogP contribution is 2.39. The Hall–Kier alpha value is -2.40. The molecule has 3 rings (SSSR count). The minimum Gasteiger partial charge on any atom is -0.382 e. The average Bonchev–Trinajstić information content (AvgIpc) is 2.80. The van der Waals surface area contributed by atoms with E-state index in [-0.39, 0.29) is 22.4 Å². The zero-order valence-corrected chi connectivity index (χ0v) is 22.5. The van der Waals surface area contributed by atoms with E-state index in [1.807, 2.05) is 46.8 Å². The van der Waals surface area contributed by atoms with Crippen molar-refractivity contribution in [2.45, 2.75) is 49.7 Å².